The molecule has 0 spiro atoms. The van der Waals surface area contributed by atoms with Gasteiger partial charge in [0.05, 0.1) is 11.4 Å². The second-order valence-corrected chi connectivity index (χ2v) is 6.52. The summed E-state index contributed by atoms with van der Waals surface area (Å²) in [5, 5.41) is 9.70. The molecule has 0 fully saturated rings. The zero-order valence-electron chi connectivity index (χ0n) is 11.4. The van der Waals surface area contributed by atoms with Crippen LogP contribution in [0.15, 0.2) is 33.2 Å². The lowest BCUT2D eigenvalue weighted by Gasteiger charge is -2.17. The van der Waals surface area contributed by atoms with E-state index in [0.29, 0.717) is 5.25 Å². The maximum atomic E-state index is 4.62. The quantitative estimate of drug-likeness (QED) is 0.613. The van der Waals surface area contributed by atoms with E-state index in [-0.39, 0.29) is 0 Å². The van der Waals surface area contributed by atoms with Crippen LogP contribution in [0.25, 0.3) is 0 Å². The second-order valence-electron chi connectivity index (χ2n) is 4.98. The lowest BCUT2D eigenvalue weighted by Crippen LogP contribution is -2.17. The van der Waals surface area contributed by atoms with Crippen LogP contribution >= 0.6 is 11.8 Å². The summed E-state index contributed by atoms with van der Waals surface area (Å²) in [7, 11) is 0. The lowest BCUT2D eigenvalue weighted by molar-refractivity contribution is 0.585. The van der Waals surface area contributed by atoms with E-state index in [1.54, 1.807) is 11.8 Å². The summed E-state index contributed by atoms with van der Waals surface area (Å²) < 4.78 is 0. The molecule has 1 aromatic rings. The number of rotatable bonds is 3. The molecule has 2 rings (SSSR count). The van der Waals surface area contributed by atoms with E-state index in [0.717, 1.165) is 22.2 Å². The van der Waals surface area contributed by atoms with Crippen molar-refractivity contribution in [1.82, 2.24) is 9.97 Å². The van der Waals surface area contributed by atoms with Crippen LogP contribution in [-0.4, -0.2) is 15.2 Å². The molecule has 0 aliphatic carbocycles. The van der Waals surface area contributed by atoms with Gasteiger partial charge in [-0.1, -0.05) is 25.6 Å². The topological polar surface area (TPSA) is 50.5 Å². The molecule has 18 heavy (non-hydrogen) atoms. The van der Waals surface area contributed by atoms with Crippen LogP contribution in [0, 0.1) is 6.92 Å². The third kappa shape index (κ3) is 2.77. The van der Waals surface area contributed by atoms with E-state index in [1.807, 2.05) is 32.9 Å². The molecule has 0 bridgehead atoms. The Balaban J connectivity index is 2.40. The van der Waals surface area contributed by atoms with Crippen molar-refractivity contribution in [3.05, 3.63) is 29.2 Å². The molecule has 1 atom stereocenters. The Labute approximate surface area is 112 Å². The summed E-state index contributed by atoms with van der Waals surface area (Å²) in [5.41, 5.74) is 2.38. The van der Waals surface area contributed by atoms with Gasteiger partial charge in [-0.25, -0.2) is 9.97 Å². The summed E-state index contributed by atoms with van der Waals surface area (Å²) in [5.74, 6) is 0. The van der Waals surface area contributed by atoms with Gasteiger partial charge in [-0.3, -0.25) is 0 Å². The zero-order chi connectivity index (χ0) is 13.3. The molecule has 4 nitrogen and oxygen atoms in total. The number of azo groups is 1. The predicted molar refractivity (Wildman–Crippen MR) is 73.7 cm³/mol. The molecule has 2 heterocycles. The van der Waals surface area contributed by atoms with Crippen LogP contribution in [0.3, 0.4) is 0 Å². The van der Waals surface area contributed by atoms with Crippen molar-refractivity contribution in [1.29, 1.82) is 0 Å². The Hall–Kier alpha value is -1.23. The predicted octanol–water partition coefficient (Wildman–Crippen LogP) is 3.87. The number of allylic oxidation sites excluding steroid dienone is 1. The monoisotopic (exact) mass is 262 g/mol. The highest BCUT2D eigenvalue weighted by Gasteiger charge is 2.30. The van der Waals surface area contributed by atoms with Gasteiger partial charge in [0, 0.05) is 10.9 Å². The zero-order valence-corrected chi connectivity index (χ0v) is 12.2. The van der Waals surface area contributed by atoms with E-state index in [9.17, 15) is 0 Å². The highest BCUT2D eigenvalue weighted by molar-refractivity contribution is 7.99. The molecule has 1 aliphatic rings. The van der Waals surface area contributed by atoms with Gasteiger partial charge < -0.3 is 0 Å². The molecule has 1 unspecified atom stereocenters. The van der Waals surface area contributed by atoms with Gasteiger partial charge >= 0.3 is 0 Å². The van der Waals surface area contributed by atoms with Crippen LogP contribution in [0.1, 0.15) is 39.1 Å². The molecule has 1 aromatic heterocycles. The molecule has 5 heteroatoms. The van der Waals surface area contributed by atoms with Crippen molar-refractivity contribution in [2.45, 2.75) is 50.6 Å². The third-order valence-corrected chi connectivity index (χ3v) is 3.46. The Morgan fingerprint density at radius 2 is 1.94 bits per heavy atom. The number of hydrogen-bond donors (Lipinski definition) is 0. The second kappa shape index (κ2) is 4.80. The average molecular weight is 262 g/mol. The van der Waals surface area contributed by atoms with Crippen molar-refractivity contribution in [2.24, 2.45) is 10.2 Å². The first-order valence-corrected chi connectivity index (χ1v) is 6.92. The van der Waals surface area contributed by atoms with Gasteiger partial charge in [0.2, 0.25) is 0 Å². The summed E-state index contributed by atoms with van der Waals surface area (Å²) in [6.07, 6.45) is 2.04. The fourth-order valence-electron chi connectivity index (χ4n) is 1.84. The molecule has 1 aliphatic heterocycles. The molecule has 0 amide bonds. The van der Waals surface area contributed by atoms with Crippen LogP contribution in [-0.2, 0) is 5.54 Å². The van der Waals surface area contributed by atoms with E-state index in [4.69, 9.17) is 0 Å². The van der Waals surface area contributed by atoms with Gasteiger partial charge in [-0.2, -0.15) is 10.2 Å². The van der Waals surface area contributed by atoms with Crippen LogP contribution in [0.5, 0.6) is 0 Å². The summed E-state index contributed by atoms with van der Waals surface area (Å²) in [4.78, 5) is 9.07. The molecular formula is C13H18N4S. The van der Waals surface area contributed by atoms with Gasteiger partial charge in [-0.05, 0) is 32.9 Å². The molecule has 0 saturated carbocycles. The van der Waals surface area contributed by atoms with Crippen LogP contribution in [0.4, 0.5) is 0 Å². The Morgan fingerprint density at radius 3 is 2.50 bits per heavy atom. The first-order chi connectivity index (χ1) is 8.39. The van der Waals surface area contributed by atoms with Crippen molar-refractivity contribution >= 4 is 11.8 Å². The van der Waals surface area contributed by atoms with Crippen molar-refractivity contribution in [3.63, 3.8) is 0 Å². The third-order valence-electron chi connectivity index (χ3n) is 2.60. The first-order valence-electron chi connectivity index (χ1n) is 6.04. The molecule has 96 valence electrons. The minimum Gasteiger partial charge on any atom is -0.228 e. The average Bonchev–Trinajstić information content (AvgIpc) is 2.58. The highest BCUT2D eigenvalue weighted by atomic mass is 32.2. The summed E-state index contributed by atoms with van der Waals surface area (Å²) in [6.45, 7) is 10.2. The van der Waals surface area contributed by atoms with Crippen molar-refractivity contribution in [3.8, 4) is 0 Å². The van der Waals surface area contributed by atoms with Gasteiger partial charge in [0.15, 0.2) is 5.16 Å². The lowest BCUT2D eigenvalue weighted by atomic mass is 9.98. The standard InChI is InChI=1S/C13H18N4S/c1-8(2)18-12-14-9(3)6-11(15-12)13(5)7-10(4)16-17-13/h6-8H,1-5H3. The molecule has 0 radical (unpaired) electrons. The van der Waals surface area contributed by atoms with Gasteiger partial charge in [0.1, 0.15) is 5.54 Å². The van der Waals surface area contributed by atoms with Crippen molar-refractivity contribution in [2.75, 3.05) is 0 Å². The van der Waals surface area contributed by atoms with Gasteiger partial charge in [0.25, 0.3) is 0 Å². The fourth-order valence-corrected chi connectivity index (χ4v) is 2.61. The van der Waals surface area contributed by atoms with Crippen LogP contribution < -0.4 is 0 Å². The number of hydrogen-bond acceptors (Lipinski definition) is 5. The van der Waals surface area contributed by atoms with E-state index in [1.165, 1.54) is 0 Å². The number of aromatic nitrogens is 2. The largest absolute Gasteiger partial charge is 0.228 e. The normalized spacial score (nSPS) is 22.7. The highest BCUT2D eigenvalue weighted by Crippen LogP contribution is 2.34. The van der Waals surface area contributed by atoms with Crippen LogP contribution in [0.2, 0.25) is 0 Å². The Kier molecular flexibility index (Phi) is 3.52. The first kappa shape index (κ1) is 13.2. The van der Waals surface area contributed by atoms with E-state index < -0.39 is 5.54 Å². The van der Waals surface area contributed by atoms with Crippen molar-refractivity contribution < 1.29 is 0 Å². The Bertz CT molecular complexity index is 522. The smallest absolute Gasteiger partial charge is 0.188 e. The molecular weight excluding hydrogens is 244 g/mol. The Morgan fingerprint density at radius 1 is 1.22 bits per heavy atom. The maximum Gasteiger partial charge on any atom is 0.188 e. The fraction of sp³-hybridized carbons (Fsp3) is 0.538. The number of nitrogens with zero attached hydrogens (tertiary/aromatic N) is 4. The maximum absolute atomic E-state index is 4.62. The number of aryl methyl sites for hydroxylation is 1. The molecule has 0 N–H and O–H groups in total. The van der Waals surface area contributed by atoms with E-state index in [2.05, 4.69) is 34.0 Å². The summed E-state index contributed by atoms with van der Waals surface area (Å²) in [6, 6.07) is 1.98. The molecule has 0 saturated heterocycles. The van der Waals surface area contributed by atoms with E-state index >= 15 is 0 Å². The van der Waals surface area contributed by atoms with Gasteiger partial charge in [-0.15, -0.1) is 0 Å². The number of thioether (sulfide) groups is 1. The SMILES string of the molecule is CC1=CC(C)(c2cc(C)nc(SC(C)C)n2)N=N1. The molecule has 0 aromatic carbocycles. The minimum atomic E-state index is -0.440. The summed E-state index contributed by atoms with van der Waals surface area (Å²) >= 11 is 1.67. The minimum absolute atomic E-state index is 0.440.